The van der Waals surface area contributed by atoms with Crippen LogP contribution in [-0.4, -0.2) is 97.0 Å². The number of alkyl carbamates (subject to hydrolysis) is 2. The third-order valence-corrected chi connectivity index (χ3v) is 8.01. The summed E-state index contributed by atoms with van der Waals surface area (Å²) in [6, 6.07) is -4.09. The molecule has 0 aromatic heterocycles. The smallest absolute Gasteiger partial charge is 0.408 e. The third kappa shape index (κ3) is 19.6. The molecule has 0 saturated carbocycles. The molecule has 0 aromatic rings. The SMILES string of the molecule is COC(=O)[C@H](CSSC[C@H](NC(=O)[C@H](CC(C)C)NC(=O)OC(C)(C)C)C(=O)OC)NC(=O)[C@H](CC(C)C)NC(=O)OC(C)(C)C. The molecule has 16 heteroatoms. The second-order valence-electron chi connectivity index (χ2n) is 13.4. The minimum atomic E-state index is -1.08. The molecule has 0 fully saturated rings. The van der Waals surface area contributed by atoms with Crippen molar-refractivity contribution >= 4 is 57.5 Å². The quantitative estimate of drug-likeness (QED) is 0.0752. The predicted molar refractivity (Wildman–Crippen MR) is 178 cm³/mol. The van der Waals surface area contributed by atoms with Crippen LogP contribution in [0.15, 0.2) is 0 Å². The number of hydrogen-bond acceptors (Lipinski definition) is 12. The summed E-state index contributed by atoms with van der Waals surface area (Å²) in [6.45, 7) is 17.8. The molecule has 0 unspecified atom stereocenters. The number of ether oxygens (including phenoxy) is 4. The molecule has 4 atom stereocenters. The fraction of sp³-hybridized carbons (Fsp3) is 0.800. The first-order chi connectivity index (χ1) is 21.1. The molecule has 0 aliphatic heterocycles. The molecule has 0 aliphatic carbocycles. The van der Waals surface area contributed by atoms with Gasteiger partial charge in [0.25, 0.3) is 0 Å². The summed E-state index contributed by atoms with van der Waals surface area (Å²) in [5, 5.41) is 10.4. The Morgan fingerprint density at radius 1 is 0.543 bits per heavy atom. The number of carbonyl (C=O) groups excluding carboxylic acids is 6. The zero-order chi connectivity index (χ0) is 35.8. The van der Waals surface area contributed by atoms with E-state index < -0.39 is 71.3 Å². The maximum atomic E-state index is 13.1. The lowest BCUT2D eigenvalue weighted by Gasteiger charge is -2.26. The lowest BCUT2D eigenvalue weighted by atomic mass is 10.0. The van der Waals surface area contributed by atoms with Gasteiger partial charge in [0.05, 0.1) is 14.2 Å². The van der Waals surface area contributed by atoms with Crippen molar-refractivity contribution in [3.63, 3.8) is 0 Å². The van der Waals surface area contributed by atoms with Gasteiger partial charge in [-0.25, -0.2) is 19.2 Å². The molecule has 0 rings (SSSR count). The van der Waals surface area contributed by atoms with E-state index in [1.807, 2.05) is 27.7 Å². The Hall–Kier alpha value is -2.88. The van der Waals surface area contributed by atoms with Crippen LogP contribution in [0.5, 0.6) is 0 Å². The van der Waals surface area contributed by atoms with Crippen LogP contribution in [0.4, 0.5) is 9.59 Å². The Balaban J connectivity index is 5.48. The minimum Gasteiger partial charge on any atom is -0.467 e. The van der Waals surface area contributed by atoms with Crippen LogP contribution in [-0.2, 0) is 38.1 Å². The fourth-order valence-electron chi connectivity index (χ4n) is 3.70. The van der Waals surface area contributed by atoms with E-state index in [4.69, 9.17) is 18.9 Å². The average molecular weight is 695 g/mol. The first-order valence-electron chi connectivity index (χ1n) is 15.1. The van der Waals surface area contributed by atoms with Crippen molar-refractivity contribution in [1.29, 1.82) is 0 Å². The van der Waals surface area contributed by atoms with Crippen molar-refractivity contribution in [2.45, 2.75) is 117 Å². The lowest BCUT2D eigenvalue weighted by molar-refractivity contribution is -0.145. The van der Waals surface area contributed by atoms with Gasteiger partial charge in [-0.1, -0.05) is 49.3 Å². The maximum absolute atomic E-state index is 13.1. The lowest BCUT2D eigenvalue weighted by Crippen LogP contribution is -2.53. The molecule has 14 nitrogen and oxygen atoms in total. The van der Waals surface area contributed by atoms with Crippen molar-refractivity contribution < 1.29 is 47.7 Å². The zero-order valence-electron chi connectivity index (χ0n) is 29.2. The van der Waals surface area contributed by atoms with E-state index in [1.165, 1.54) is 14.2 Å². The molecule has 4 amide bonds. The van der Waals surface area contributed by atoms with Crippen molar-refractivity contribution in [2.75, 3.05) is 25.7 Å². The van der Waals surface area contributed by atoms with Gasteiger partial charge in [0.15, 0.2) is 0 Å². The normalized spacial score (nSPS) is 14.3. The van der Waals surface area contributed by atoms with Crippen LogP contribution in [0.1, 0.15) is 82.1 Å². The highest BCUT2D eigenvalue weighted by Gasteiger charge is 2.32. The summed E-state index contributed by atoms with van der Waals surface area (Å²) in [6.07, 6.45) is -0.939. The van der Waals surface area contributed by atoms with Gasteiger partial charge in [0.1, 0.15) is 35.4 Å². The van der Waals surface area contributed by atoms with Gasteiger partial charge in [-0.05, 0) is 66.2 Å². The molecule has 266 valence electrons. The van der Waals surface area contributed by atoms with E-state index in [1.54, 1.807) is 41.5 Å². The molecule has 0 heterocycles. The van der Waals surface area contributed by atoms with Crippen molar-refractivity contribution in [1.82, 2.24) is 21.3 Å². The number of rotatable bonds is 17. The maximum Gasteiger partial charge on any atom is 0.408 e. The van der Waals surface area contributed by atoms with Crippen LogP contribution in [0.2, 0.25) is 0 Å². The van der Waals surface area contributed by atoms with E-state index in [0.29, 0.717) is 12.8 Å². The van der Waals surface area contributed by atoms with Gasteiger partial charge in [0, 0.05) is 11.5 Å². The molecule has 0 radical (unpaired) electrons. The number of amides is 4. The summed E-state index contributed by atoms with van der Waals surface area (Å²) >= 11 is 0. The number of nitrogens with one attached hydrogen (secondary N) is 4. The second-order valence-corrected chi connectivity index (χ2v) is 15.9. The van der Waals surface area contributed by atoms with Gasteiger partial charge >= 0.3 is 24.1 Å². The highest BCUT2D eigenvalue weighted by Crippen LogP contribution is 2.24. The fourth-order valence-corrected chi connectivity index (χ4v) is 6.00. The Labute approximate surface area is 281 Å². The molecule has 0 spiro atoms. The zero-order valence-corrected chi connectivity index (χ0v) is 30.8. The average Bonchev–Trinajstić information content (AvgIpc) is 2.89. The summed E-state index contributed by atoms with van der Waals surface area (Å²) < 4.78 is 20.3. The van der Waals surface area contributed by atoms with Crippen LogP contribution in [0.25, 0.3) is 0 Å². The Morgan fingerprint density at radius 2 is 0.848 bits per heavy atom. The summed E-state index contributed by atoms with van der Waals surface area (Å²) in [4.78, 5) is 76.0. The van der Waals surface area contributed by atoms with Gasteiger partial charge in [-0.3, -0.25) is 9.59 Å². The topological polar surface area (TPSA) is 187 Å². The van der Waals surface area contributed by atoms with E-state index in [2.05, 4.69) is 21.3 Å². The van der Waals surface area contributed by atoms with E-state index >= 15 is 0 Å². The van der Waals surface area contributed by atoms with E-state index in [0.717, 1.165) is 21.6 Å². The first kappa shape index (κ1) is 43.1. The van der Waals surface area contributed by atoms with Crippen LogP contribution in [0.3, 0.4) is 0 Å². The number of hydrogen-bond donors (Lipinski definition) is 4. The summed E-state index contributed by atoms with van der Waals surface area (Å²) in [7, 11) is 4.68. The Bertz CT molecular complexity index is 948. The first-order valence-corrected chi connectivity index (χ1v) is 17.6. The molecular formula is C30H54N4O10S2. The van der Waals surface area contributed by atoms with Crippen LogP contribution < -0.4 is 21.3 Å². The van der Waals surface area contributed by atoms with Crippen LogP contribution >= 0.6 is 21.6 Å². The number of methoxy groups -OCH3 is 2. The van der Waals surface area contributed by atoms with Crippen molar-refractivity contribution in [3.8, 4) is 0 Å². The minimum absolute atomic E-state index is 0.0390. The predicted octanol–water partition coefficient (Wildman–Crippen LogP) is 3.56. The standard InChI is InChI=1S/C30H54N4O10S2/c1-17(2)13-19(33-27(39)43-29(5,6)7)23(35)31-21(25(37)41-11)15-45-46-16-22(26(38)42-12)32-24(36)20(14-18(3)4)34-28(40)44-30(8,9)10/h17-22H,13-16H2,1-12H3,(H,31,35)(H,32,36)(H,33,39)(H,34,40)/t19-,20-,21-,22-/m0/s1. The monoisotopic (exact) mass is 694 g/mol. The van der Waals surface area contributed by atoms with E-state index in [9.17, 15) is 28.8 Å². The largest absolute Gasteiger partial charge is 0.467 e. The molecule has 0 aromatic carbocycles. The van der Waals surface area contributed by atoms with Crippen molar-refractivity contribution in [2.24, 2.45) is 11.8 Å². The number of carbonyl (C=O) groups is 6. The molecular weight excluding hydrogens is 640 g/mol. The summed E-state index contributed by atoms with van der Waals surface area (Å²) in [5.74, 6) is -2.42. The molecule has 0 aliphatic rings. The molecule has 4 N–H and O–H groups in total. The summed E-state index contributed by atoms with van der Waals surface area (Å²) in [5.41, 5.74) is -1.53. The van der Waals surface area contributed by atoms with Gasteiger partial charge < -0.3 is 40.2 Å². The molecule has 46 heavy (non-hydrogen) atoms. The number of esters is 2. The van der Waals surface area contributed by atoms with E-state index in [-0.39, 0.29) is 23.3 Å². The second kappa shape index (κ2) is 20.4. The van der Waals surface area contributed by atoms with Gasteiger partial charge in [-0.2, -0.15) is 0 Å². The highest BCUT2D eigenvalue weighted by molar-refractivity contribution is 8.76. The van der Waals surface area contributed by atoms with Gasteiger partial charge in [0.2, 0.25) is 11.8 Å². The van der Waals surface area contributed by atoms with Gasteiger partial charge in [-0.15, -0.1) is 0 Å². The van der Waals surface area contributed by atoms with Crippen LogP contribution in [0, 0.1) is 11.8 Å². The third-order valence-electron chi connectivity index (χ3n) is 5.59. The Kier molecular flexibility index (Phi) is 19.1. The Morgan fingerprint density at radius 3 is 1.09 bits per heavy atom. The van der Waals surface area contributed by atoms with Crippen molar-refractivity contribution in [3.05, 3.63) is 0 Å². The highest BCUT2D eigenvalue weighted by atomic mass is 33.1. The molecule has 0 saturated heterocycles. The molecule has 0 bridgehead atoms.